The van der Waals surface area contributed by atoms with Crippen molar-refractivity contribution in [3.63, 3.8) is 0 Å². The molecular weight excluding hydrogens is 308 g/mol. The van der Waals surface area contributed by atoms with Crippen LogP contribution in [0.25, 0.3) is 10.8 Å². The minimum Gasteiger partial charge on any atom is -0.440 e. The normalized spacial score (nSPS) is 10.7. The average molecular weight is 326 g/mol. The summed E-state index contributed by atoms with van der Waals surface area (Å²) in [5.41, 5.74) is 1.91. The highest BCUT2D eigenvalue weighted by Gasteiger charge is 2.14. The van der Waals surface area contributed by atoms with Crippen molar-refractivity contribution in [1.29, 1.82) is 0 Å². The van der Waals surface area contributed by atoms with Gasteiger partial charge >= 0.3 is 0 Å². The number of hydrogen-bond donors (Lipinski definition) is 1. The summed E-state index contributed by atoms with van der Waals surface area (Å²) in [7, 11) is 0. The molecule has 3 aromatic rings. The van der Waals surface area contributed by atoms with Crippen molar-refractivity contribution >= 4 is 17.2 Å². The van der Waals surface area contributed by atoms with Crippen LogP contribution in [0.1, 0.15) is 17.0 Å². The molecule has 0 unspecified atom stereocenters. The van der Waals surface area contributed by atoms with E-state index in [0.717, 1.165) is 11.3 Å². The van der Waals surface area contributed by atoms with Gasteiger partial charge in [-0.25, -0.2) is 4.98 Å². The van der Waals surface area contributed by atoms with Crippen molar-refractivity contribution in [2.24, 2.45) is 0 Å². The largest absolute Gasteiger partial charge is 0.440 e. The van der Waals surface area contributed by atoms with Crippen LogP contribution in [0.5, 0.6) is 0 Å². The van der Waals surface area contributed by atoms with Gasteiger partial charge < -0.3 is 9.73 Å². The van der Waals surface area contributed by atoms with Gasteiger partial charge in [0.15, 0.2) is 0 Å². The second kappa shape index (κ2) is 7.24. The molecule has 2 aromatic heterocycles. The summed E-state index contributed by atoms with van der Waals surface area (Å²) >= 11 is 1.57. The number of rotatable bonds is 6. The Balaban J connectivity index is 1.54. The molecule has 0 spiro atoms. The molecule has 0 saturated carbocycles. The number of benzene rings is 1. The first-order valence-corrected chi connectivity index (χ1v) is 8.41. The molecular formula is C18H18N2O2S. The van der Waals surface area contributed by atoms with E-state index in [1.54, 1.807) is 11.3 Å². The van der Waals surface area contributed by atoms with E-state index in [0.29, 0.717) is 23.9 Å². The summed E-state index contributed by atoms with van der Waals surface area (Å²) in [6.07, 6.45) is 1.07. The van der Waals surface area contributed by atoms with Gasteiger partial charge in [0.2, 0.25) is 11.8 Å². The quantitative estimate of drug-likeness (QED) is 0.753. The summed E-state index contributed by atoms with van der Waals surface area (Å²) in [6.45, 7) is 2.47. The zero-order chi connectivity index (χ0) is 16.1. The van der Waals surface area contributed by atoms with E-state index in [2.05, 4.69) is 22.4 Å². The highest BCUT2D eigenvalue weighted by Crippen LogP contribution is 2.25. The molecule has 23 heavy (non-hydrogen) atoms. The van der Waals surface area contributed by atoms with E-state index in [9.17, 15) is 4.79 Å². The number of oxazole rings is 1. The fraction of sp³-hybridized carbons (Fsp3) is 0.222. The third-order valence-corrected chi connectivity index (χ3v) is 4.39. The predicted octanol–water partition coefficient (Wildman–Crippen LogP) is 3.61. The minimum atomic E-state index is -0.0324. The highest BCUT2D eigenvalue weighted by atomic mass is 32.1. The molecule has 0 aliphatic rings. The molecule has 0 bridgehead atoms. The Bertz CT molecular complexity index is 764. The number of amides is 1. The molecule has 2 heterocycles. The number of thiophene rings is 1. The molecule has 0 fully saturated rings. The third-order valence-electron chi connectivity index (χ3n) is 3.53. The number of nitrogens with one attached hydrogen (secondary N) is 1. The molecule has 0 aliphatic heterocycles. The molecule has 1 amide bonds. The van der Waals surface area contributed by atoms with E-state index >= 15 is 0 Å². The van der Waals surface area contributed by atoms with E-state index < -0.39 is 0 Å². The maximum absolute atomic E-state index is 12.1. The van der Waals surface area contributed by atoms with Gasteiger partial charge in [0, 0.05) is 6.54 Å². The van der Waals surface area contributed by atoms with Crippen LogP contribution in [0.4, 0.5) is 0 Å². The molecule has 0 aliphatic carbocycles. The Morgan fingerprint density at radius 1 is 1.22 bits per heavy atom. The zero-order valence-electron chi connectivity index (χ0n) is 12.9. The van der Waals surface area contributed by atoms with E-state index in [-0.39, 0.29) is 12.3 Å². The van der Waals surface area contributed by atoms with E-state index in [1.165, 1.54) is 5.56 Å². The molecule has 0 saturated heterocycles. The van der Waals surface area contributed by atoms with Gasteiger partial charge in [-0.05, 0) is 30.4 Å². The number of hydrogen-bond acceptors (Lipinski definition) is 4. The molecule has 1 N–H and O–H groups in total. The lowest BCUT2D eigenvalue weighted by Crippen LogP contribution is -2.27. The monoisotopic (exact) mass is 326 g/mol. The number of carbonyl (C=O) groups is 1. The molecule has 3 rings (SSSR count). The van der Waals surface area contributed by atoms with Gasteiger partial charge in [0.1, 0.15) is 5.76 Å². The van der Waals surface area contributed by atoms with Crippen LogP contribution in [-0.4, -0.2) is 17.4 Å². The predicted molar refractivity (Wildman–Crippen MR) is 91.4 cm³/mol. The highest BCUT2D eigenvalue weighted by molar-refractivity contribution is 7.13. The maximum atomic E-state index is 12.1. The van der Waals surface area contributed by atoms with Crippen LogP contribution in [0.2, 0.25) is 0 Å². The number of aromatic nitrogens is 1. The topological polar surface area (TPSA) is 55.1 Å². The fourth-order valence-corrected chi connectivity index (χ4v) is 2.95. The summed E-state index contributed by atoms with van der Waals surface area (Å²) < 4.78 is 5.65. The van der Waals surface area contributed by atoms with E-state index in [4.69, 9.17) is 4.42 Å². The first kappa shape index (κ1) is 15.5. The lowest BCUT2D eigenvalue weighted by molar-refractivity contribution is -0.120. The minimum absolute atomic E-state index is 0.0324. The van der Waals surface area contributed by atoms with Gasteiger partial charge in [0.05, 0.1) is 17.0 Å². The smallest absolute Gasteiger partial charge is 0.236 e. The van der Waals surface area contributed by atoms with Crippen molar-refractivity contribution in [1.82, 2.24) is 10.3 Å². The molecule has 1 aromatic carbocycles. The molecule has 0 radical (unpaired) electrons. The zero-order valence-corrected chi connectivity index (χ0v) is 13.7. The first-order chi connectivity index (χ1) is 11.2. The van der Waals surface area contributed by atoms with Gasteiger partial charge in [-0.2, -0.15) is 0 Å². The van der Waals surface area contributed by atoms with Crippen LogP contribution in [0.3, 0.4) is 0 Å². The van der Waals surface area contributed by atoms with Crippen molar-refractivity contribution < 1.29 is 9.21 Å². The van der Waals surface area contributed by atoms with E-state index in [1.807, 2.05) is 42.6 Å². The molecule has 0 atom stereocenters. The Morgan fingerprint density at radius 3 is 2.78 bits per heavy atom. The van der Waals surface area contributed by atoms with Crippen LogP contribution >= 0.6 is 11.3 Å². The van der Waals surface area contributed by atoms with Crippen LogP contribution in [-0.2, 0) is 17.6 Å². The Kier molecular flexibility index (Phi) is 4.88. The average Bonchev–Trinajstić information content (AvgIpc) is 3.19. The summed E-state index contributed by atoms with van der Waals surface area (Å²) in [6, 6.07) is 14.0. The third kappa shape index (κ3) is 4.07. The van der Waals surface area contributed by atoms with Gasteiger partial charge in [-0.3, -0.25) is 4.79 Å². The van der Waals surface area contributed by atoms with Crippen LogP contribution in [0, 0.1) is 6.92 Å². The number of aryl methyl sites for hydroxylation is 1. The van der Waals surface area contributed by atoms with Gasteiger partial charge in [0.25, 0.3) is 0 Å². The molecule has 5 heteroatoms. The van der Waals surface area contributed by atoms with Gasteiger partial charge in [-0.15, -0.1) is 11.3 Å². The van der Waals surface area contributed by atoms with Crippen LogP contribution in [0.15, 0.2) is 52.3 Å². The maximum Gasteiger partial charge on any atom is 0.236 e. The van der Waals surface area contributed by atoms with Crippen molar-refractivity contribution in [3.05, 3.63) is 64.9 Å². The second-order valence-electron chi connectivity index (χ2n) is 5.26. The lowest BCUT2D eigenvalue weighted by atomic mass is 10.1. The van der Waals surface area contributed by atoms with Crippen molar-refractivity contribution in [2.75, 3.05) is 6.54 Å². The summed E-state index contributed by atoms with van der Waals surface area (Å²) in [5.74, 6) is 1.26. The standard InChI is InChI=1S/C18H18N2O2S/c1-13-15(20-18(22-13)16-8-5-11-23-16)12-17(21)19-10-9-14-6-3-2-4-7-14/h2-8,11H,9-10,12H2,1H3,(H,19,21). The molecule has 118 valence electrons. The Hall–Kier alpha value is -2.40. The van der Waals surface area contributed by atoms with Crippen molar-refractivity contribution in [3.8, 4) is 10.8 Å². The SMILES string of the molecule is Cc1oc(-c2cccs2)nc1CC(=O)NCCc1ccccc1. The Morgan fingerprint density at radius 2 is 2.04 bits per heavy atom. The Labute approximate surface area is 139 Å². The summed E-state index contributed by atoms with van der Waals surface area (Å²) in [4.78, 5) is 17.5. The number of carbonyl (C=O) groups excluding carboxylic acids is 1. The fourth-order valence-electron chi connectivity index (χ4n) is 2.30. The summed E-state index contributed by atoms with van der Waals surface area (Å²) in [5, 5.41) is 4.91. The van der Waals surface area contributed by atoms with Crippen molar-refractivity contribution in [2.45, 2.75) is 19.8 Å². The molecule has 4 nitrogen and oxygen atoms in total. The van der Waals surface area contributed by atoms with Gasteiger partial charge in [-0.1, -0.05) is 36.4 Å². The second-order valence-corrected chi connectivity index (χ2v) is 6.21. The van der Waals surface area contributed by atoms with Crippen LogP contribution < -0.4 is 5.32 Å². The first-order valence-electron chi connectivity index (χ1n) is 7.53. The lowest BCUT2D eigenvalue weighted by Gasteiger charge is -2.04. The number of nitrogens with zero attached hydrogens (tertiary/aromatic N) is 1.